The Bertz CT molecular complexity index is 76.9. The van der Waals surface area contributed by atoms with E-state index in [0.29, 0.717) is 6.10 Å². The van der Waals surface area contributed by atoms with E-state index in [1.54, 1.807) is 0 Å². The van der Waals surface area contributed by atoms with Gasteiger partial charge in [0.25, 0.3) is 0 Å². The highest BCUT2D eigenvalue weighted by molar-refractivity contribution is 4.77. The van der Waals surface area contributed by atoms with Gasteiger partial charge in [0.1, 0.15) is 0 Å². The standard InChI is InChI=1S/C7H14O/c1-7(2,3)8-6-4-5-6/h6H,4-5H2,1-3H3. The first-order valence-electron chi connectivity index (χ1n) is 3.26. The highest BCUT2D eigenvalue weighted by Crippen LogP contribution is 2.28. The summed E-state index contributed by atoms with van der Waals surface area (Å²) in [4.78, 5) is 0. The lowest BCUT2D eigenvalue weighted by Crippen LogP contribution is -2.19. The van der Waals surface area contributed by atoms with Gasteiger partial charge < -0.3 is 4.74 Å². The van der Waals surface area contributed by atoms with Crippen LogP contribution in [-0.4, -0.2) is 11.7 Å². The molecular weight excluding hydrogens is 100 g/mol. The topological polar surface area (TPSA) is 9.23 Å². The zero-order valence-corrected chi connectivity index (χ0v) is 5.90. The van der Waals surface area contributed by atoms with Crippen LogP contribution in [0.15, 0.2) is 0 Å². The minimum Gasteiger partial charge on any atom is -0.373 e. The van der Waals surface area contributed by atoms with E-state index in [0.717, 1.165) is 0 Å². The molecule has 1 heteroatoms. The molecule has 0 radical (unpaired) electrons. The average Bonchev–Trinajstić information content (AvgIpc) is 2.12. The smallest absolute Gasteiger partial charge is 0.0602 e. The summed E-state index contributed by atoms with van der Waals surface area (Å²) in [6.45, 7) is 6.31. The molecule has 1 saturated carbocycles. The molecule has 8 heavy (non-hydrogen) atoms. The second-order valence-corrected chi connectivity index (χ2v) is 3.43. The highest BCUT2D eigenvalue weighted by atomic mass is 16.5. The van der Waals surface area contributed by atoms with Gasteiger partial charge in [0.15, 0.2) is 0 Å². The van der Waals surface area contributed by atoms with Crippen LogP contribution in [0.5, 0.6) is 0 Å². The fourth-order valence-electron chi connectivity index (χ4n) is 0.686. The van der Waals surface area contributed by atoms with Gasteiger partial charge >= 0.3 is 0 Å². The Hall–Kier alpha value is -0.0400. The number of hydrogen-bond donors (Lipinski definition) is 0. The lowest BCUT2D eigenvalue weighted by molar-refractivity contribution is -0.0151. The van der Waals surface area contributed by atoms with E-state index < -0.39 is 0 Å². The Morgan fingerprint density at radius 1 is 1.25 bits per heavy atom. The van der Waals surface area contributed by atoms with Crippen LogP contribution >= 0.6 is 0 Å². The van der Waals surface area contributed by atoms with E-state index in [4.69, 9.17) is 4.74 Å². The largest absolute Gasteiger partial charge is 0.373 e. The number of rotatable bonds is 1. The molecule has 0 N–H and O–H groups in total. The second kappa shape index (κ2) is 1.73. The van der Waals surface area contributed by atoms with Crippen molar-refractivity contribution in [3.05, 3.63) is 0 Å². The molecular formula is C7H14O. The van der Waals surface area contributed by atoms with Crippen molar-refractivity contribution in [2.75, 3.05) is 0 Å². The first-order chi connectivity index (χ1) is 3.58. The fourth-order valence-corrected chi connectivity index (χ4v) is 0.686. The number of ether oxygens (including phenoxy) is 1. The Morgan fingerprint density at radius 3 is 1.88 bits per heavy atom. The van der Waals surface area contributed by atoms with Crippen molar-refractivity contribution in [1.82, 2.24) is 0 Å². The molecule has 0 saturated heterocycles. The van der Waals surface area contributed by atoms with E-state index in [1.807, 2.05) is 0 Å². The summed E-state index contributed by atoms with van der Waals surface area (Å²) in [5.41, 5.74) is 0.0845. The molecule has 1 nitrogen and oxygen atoms in total. The predicted molar refractivity (Wildman–Crippen MR) is 33.9 cm³/mol. The zero-order chi connectivity index (χ0) is 6.20. The molecule has 1 aliphatic carbocycles. The van der Waals surface area contributed by atoms with Gasteiger partial charge in [-0.05, 0) is 33.6 Å². The summed E-state index contributed by atoms with van der Waals surface area (Å²) in [5, 5.41) is 0. The molecule has 0 amide bonds. The first kappa shape index (κ1) is 6.09. The van der Waals surface area contributed by atoms with Crippen LogP contribution in [0.4, 0.5) is 0 Å². The third kappa shape index (κ3) is 2.31. The van der Waals surface area contributed by atoms with E-state index in [9.17, 15) is 0 Å². The van der Waals surface area contributed by atoms with E-state index in [2.05, 4.69) is 20.8 Å². The molecule has 0 bridgehead atoms. The lowest BCUT2D eigenvalue weighted by Gasteiger charge is -2.18. The van der Waals surface area contributed by atoms with Crippen LogP contribution < -0.4 is 0 Å². The van der Waals surface area contributed by atoms with Crippen LogP contribution in [0.25, 0.3) is 0 Å². The Morgan fingerprint density at radius 2 is 1.75 bits per heavy atom. The molecule has 0 atom stereocenters. The van der Waals surface area contributed by atoms with Gasteiger partial charge in [0, 0.05) is 0 Å². The molecule has 1 fully saturated rings. The van der Waals surface area contributed by atoms with Gasteiger partial charge in [-0.1, -0.05) is 0 Å². The minimum atomic E-state index is 0.0845. The second-order valence-electron chi connectivity index (χ2n) is 3.43. The van der Waals surface area contributed by atoms with Crippen molar-refractivity contribution < 1.29 is 4.74 Å². The van der Waals surface area contributed by atoms with Crippen molar-refractivity contribution in [3.8, 4) is 0 Å². The fraction of sp³-hybridized carbons (Fsp3) is 1.00. The Kier molecular flexibility index (Phi) is 1.31. The van der Waals surface area contributed by atoms with Crippen molar-refractivity contribution in [3.63, 3.8) is 0 Å². The van der Waals surface area contributed by atoms with Crippen LogP contribution in [0.3, 0.4) is 0 Å². The summed E-state index contributed by atoms with van der Waals surface area (Å²) in [6.07, 6.45) is 3.14. The third-order valence-corrected chi connectivity index (χ3v) is 1.04. The van der Waals surface area contributed by atoms with Crippen LogP contribution in [0.2, 0.25) is 0 Å². The molecule has 1 rings (SSSR count). The maximum Gasteiger partial charge on any atom is 0.0602 e. The molecule has 0 aromatic heterocycles. The monoisotopic (exact) mass is 114 g/mol. The van der Waals surface area contributed by atoms with E-state index in [1.165, 1.54) is 12.8 Å². The van der Waals surface area contributed by atoms with E-state index in [-0.39, 0.29) is 5.60 Å². The minimum absolute atomic E-state index is 0.0845. The lowest BCUT2D eigenvalue weighted by atomic mass is 10.2. The predicted octanol–water partition coefficient (Wildman–Crippen LogP) is 1.96. The van der Waals surface area contributed by atoms with Crippen molar-refractivity contribution in [2.45, 2.75) is 45.3 Å². The summed E-state index contributed by atoms with van der Waals surface area (Å²) in [6, 6.07) is 0. The molecule has 0 aliphatic heterocycles. The summed E-state index contributed by atoms with van der Waals surface area (Å²) >= 11 is 0. The maximum absolute atomic E-state index is 5.55. The highest BCUT2D eigenvalue weighted by Gasteiger charge is 2.27. The van der Waals surface area contributed by atoms with Crippen molar-refractivity contribution in [1.29, 1.82) is 0 Å². The molecule has 0 unspecified atom stereocenters. The molecule has 0 aromatic carbocycles. The Balaban J connectivity index is 2.16. The molecule has 1 aliphatic rings. The summed E-state index contributed by atoms with van der Waals surface area (Å²) < 4.78 is 5.55. The molecule has 0 heterocycles. The van der Waals surface area contributed by atoms with Crippen LogP contribution in [0, 0.1) is 0 Å². The Labute approximate surface area is 51.0 Å². The van der Waals surface area contributed by atoms with Crippen molar-refractivity contribution in [2.24, 2.45) is 0 Å². The van der Waals surface area contributed by atoms with Gasteiger partial charge in [0.2, 0.25) is 0 Å². The molecule has 0 spiro atoms. The normalized spacial score (nSPS) is 21.4. The quantitative estimate of drug-likeness (QED) is 0.506. The summed E-state index contributed by atoms with van der Waals surface area (Å²) in [5.74, 6) is 0. The number of hydrogen-bond acceptors (Lipinski definition) is 1. The van der Waals surface area contributed by atoms with Crippen LogP contribution in [0.1, 0.15) is 33.6 Å². The zero-order valence-electron chi connectivity index (χ0n) is 5.90. The average molecular weight is 114 g/mol. The first-order valence-corrected chi connectivity index (χ1v) is 3.26. The van der Waals surface area contributed by atoms with Gasteiger partial charge in [-0.25, -0.2) is 0 Å². The summed E-state index contributed by atoms with van der Waals surface area (Å²) in [7, 11) is 0. The van der Waals surface area contributed by atoms with Crippen LogP contribution in [-0.2, 0) is 4.74 Å². The van der Waals surface area contributed by atoms with Gasteiger partial charge in [-0.2, -0.15) is 0 Å². The van der Waals surface area contributed by atoms with Gasteiger partial charge in [0.05, 0.1) is 11.7 Å². The molecule has 0 aromatic rings. The third-order valence-electron chi connectivity index (χ3n) is 1.04. The van der Waals surface area contributed by atoms with Crippen molar-refractivity contribution >= 4 is 0 Å². The van der Waals surface area contributed by atoms with Gasteiger partial charge in [-0.3, -0.25) is 0 Å². The van der Waals surface area contributed by atoms with Gasteiger partial charge in [-0.15, -0.1) is 0 Å². The van der Waals surface area contributed by atoms with E-state index >= 15 is 0 Å². The molecule has 48 valence electrons. The SMILES string of the molecule is CC(C)(C)OC1CC1. The maximum atomic E-state index is 5.55.